The molecule has 1 saturated heterocycles. The van der Waals surface area contributed by atoms with Gasteiger partial charge < -0.3 is 5.32 Å². The van der Waals surface area contributed by atoms with Crippen LogP contribution >= 0.6 is 0 Å². The van der Waals surface area contributed by atoms with Gasteiger partial charge in [-0.25, -0.2) is 21.9 Å². The molecule has 1 atom stereocenters. The summed E-state index contributed by atoms with van der Waals surface area (Å²) >= 11 is 0. The van der Waals surface area contributed by atoms with Crippen LogP contribution in [-0.2, 0) is 21.1 Å². The molecule has 1 aromatic heterocycles. The normalized spacial score (nSPS) is 18.8. The van der Waals surface area contributed by atoms with Crippen molar-refractivity contribution in [1.82, 2.24) is 9.78 Å². The van der Waals surface area contributed by atoms with Gasteiger partial charge in [-0.3, -0.25) is 4.79 Å². The number of halogens is 2. The molecule has 6 nitrogen and oxygen atoms in total. The van der Waals surface area contributed by atoms with Gasteiger partial charge in [-0.2, -0.15) is 5.10 Å². The van der Waals surface area contributed by atoms with Gasteiger partial charge in [-0.05, 0) is 37.5 Å². The van der Waals surface area contributed by atoms with Crippen LogP contribution in [0.25, 0.3) is 0 Å². The molecule has 0 saturated carbocycles. The summed E-state index contributed by atoms with van der Waals surface area (Å²) in [7, 11) is -3.07. The molecule has 1 fully saturated rings. The van der Waals surface area contributed by atoms with Gasteiger partial charge in [0.2, 0.25) is 5.91 Å². The lowest BCUT2D eigenvalue weighted by Gasteiger charge is -2.13. The molecular formula is C17H19F2N3O3S. The van der Waals surface area contributed by atoms with Crippen LogP contribution in [0.4, 0.5) is 14.6 Å². The van der Waals surface area contributed by atoms with E-state index in [0.29, 0.717) is 23.5 Å². The number of hydrogen-bond donors (Lipinski definition) is 1. The summed E-state index contributed by atoms with van der Waals surface area (Å²) in [6.45, 7) is 1.76. The van der Waals surface area contributed by atoms with Gasteiger partial charge >= 0.3 is 0 Å². The van der Waals surface area contributed by atoms with Gasteiger partial charge in [0.15, 0.2) is 21.5 Å². The first-order chi connectivity index (χ1) is 12.2. The Morgan fingerprint density at radius 2 is 2.08 bits per heavy atom. The van der Waals surface area contributed by atoms with E-state index >= 15 is 0 Å². The van der Waals surface area contributed by atoms with Crippen molar-refractivity contribution in [3.63, 3.8) is 0 Å². The van der Waals surface area contributed by atoms with E-state index in [1.54, 1.807) is 17.7 Å². The number of aryl methyl sites for hydroxylation is 2. The van der Waals surface area contributed by atoms with Crippen molar-refractivity contribution in [2.75, 3.05) is 16.8 Å². The lowest BCUT2D eigenvalue weighted by atomic mass is 10.1. The number of rotatable bonds is 5. The third-order valence-electron chi connectivity index (χ3n) is 4.30. The van der Waals surface area contributed by atoms with Crippen LogP contribution in [-0.4, -0.2) is 35.6 Å². The largest absolute Gasteiger partial charge is 0.311 e. The van der Waals surface area contributed by atoms with Gasteiger partial charge in [-0.15, -0.1) is 0 Å². The smallest absolute Gasteiger partial charge is 0.225 e. The Hall–Kier alpha value is -2.29. The maximum atomic E-state index is 13.2. The molecular weight excluding hydrogens is 364 g/mol. The zero-order chi connectivity index (χ0) is 18.9. The number of amides is 1. The number of carbonyl (C=O) groups excluding carboxylic acids is 1. The van der Waals surface area contributed by atoms with Crippen molar-refractivity contribution in [3.8, 4) is 0 Å². The molecule has 0 bridgehead atoms. The molecule has 1 aliphatic rings. The molecule has 0 spiro atoms. The van der Waals surface area contributed by atoms with Crippen LogP contribution in [0.2, 0.25) is 0 Å². The Labute approximate surface area is 150 Å². The zero-order valence-electron chi connectivity index (χ0n) is 14.2. The SMILES string of the molecule is Cc1cc(NC(=O)CCc2ccc(F)c(F)c2)n(C2CCS(=O)(=O)C2)n1. The highest BCUT2D eigenvalue weighted by atomic mass is 32.2. The maximum Gasteiger partial charge on any atom is 0.225 e. The topological polar surface area (TPSA) is 81.1 Å². The number of nitrogens with zero attached hydrogens (tertiary/aromatic N) is 2. The minimum absolute atomic E-state index is 0.00580. The number of aromatic nitrogens is 2. The van der Waals surface area contributed by atoms with Gasteiger partial charge in [0.05, 0.1) is 23.2 Å². The van der Waals surface area contributed by atoms with E-state index in [1.165, 1.54) is 6.07 Å². The van der Waals surface area contributed by atoms with Crippen LogP contribution in [0.5, 0.6) is 0 Å². The fourth-order valence-corrected chi connectivity index (χ4v) is 4.71. The summed E-state index contributed by atoms with van der Waals surface area (Å²) in [5.41, 5.74) is 1.19. The molecule has 0 radical (unpaired) electrons. The second-order valence-corrected chi connectivity index (χ2v) is 8.70. The van der Waals surface area contributed by atoms with Gasteiger partial charge in [-0.1, -0.05) is 6.07 Å². The van der Waals surface area contributed by atoms with E-state index in [4.69, 9.17) is 0 Å². The molecule has 1 N–H and O–H groups in total. The second-order valence-electron chi connectivity index (χ2n) is 6.47. The summed E-state index contributed by atoms with van der Waals surface area (Å²) < 4.78 is 51.0. The monoisotopic (exact) mass is 383 g/mol. The van der Waals surface area contributed by atoms with Crippen molar-refractivity contribution < 1.29 is 22.0 Å². The molecule has 1 aliphatic heterocycles. The van der Waals surface area contributed by atoms with Crippen LogP contribution in [0.3, 0.4) is 0 Å². The minimum Gasteiger partial charge on any atom is -0.311 e. The van der Waals surface area contributed by atoms with Crippen LogP contribution in [0.1, 0.15) is 30.1 Å². The van der Waals surface area contributed by atoms with E-state index in [1.807, 2.05) is 0 Å². The molecule has 140 valence electrons. The molecule has 0 aliphatic carbocycles. The number of nitrogens with one attached hydrogen (secondary N) is 1. The quantitative estimate of drug-likeness (QED) is 0.860. The lowest BCUT2D eigenvalue weighted by Crippen LogP contribution is -2.19. The Morgan fingerprint density at radius 3 is 2.73 bits per heavy atom. The first-order valence-electron chi connectivity index (χ1n) is 8.24. The minimum atomic E-state index is -3.07. The first-order valence-corrected chi connectivity index (χ1v) is 10.1. The van der Waals surface area contributed by atoms with Gasteiger partial charge in [0.1, 0.15) is 5.82 Å². The number of hydrogen-bond acceptors (Lipinski definition) is 4. The molecule has 2 aromatic rings. The Balaban J connectivity index is 1.65. The highest BCUT2D eigenvalue weighted by Crippen LogP contribution is 2.27. The lowest BCUT2D eigenvalue weighted by molar-refractivity contribution is -0.116. The van der Waals surface area contributed by atoms with Crippen molar-refractivity contribution in [1.29, 1.82) is 0 Å². The van der Waals surface area contributed by atoms with Crippen LogP contribution < -0.4 is 5.32 Å². The predicted octanol–water partition coefficient (Wildman–Crippen LogP) is 2.40. The number of sulfone groups is 1. The average Bonchev–Trinajstić information content (AvgIpc) is 3.10. The van der Waals surface area contributed by atoms with Gasteiger partial charge in [0, 0.05) is 12.5 Å². The van der Waals surface area contributed by atoms with Crippen LogP contribution in [0, 0.1) is 18.6 Å². The van der Waals surface area contributed by atoms with E-state index in [2.05, 4.69) is 10.4 Å². The number of benzene rings is 1. The first kappa shape index (κ1) is 18.5. The Kier molecular flexibility index (Phi) is 5.08. The average molecular weight is 383 g/mol. The number of carbonyl (C=O) groups is 1. The van der Waals surface area contributed by atoms with Crippen LogP contribution in [0.15, 0.2) is 24.3 Å². The summed E-state index contributed by atoms with van der Waals surface area (Å²) in [6.07, 6.45) is 0.799. The third-order valence-corrected chi connectivity index (χ3v) is 6.05. The van der Waals surface area contributed by atoms with E-state index < -0.39 is 21.5 Å². The third kappa shape index (κ3) is 4.27. The molecule has 1 unspecified atom stereocenters. The highest BCUT2D eigenvalue weighted by molar-refractivity contribution is 7.91. The van der Waals surface area contributed by atoms with Gasteiger partial charge in [0.25, 0.3) is 0 Å². The fraction of sp³-hybridized carbons (Fsp3) is 0.412. The molecule has 3 rings (SSSR count). The summed E-state index contributed by atoms with van der Waals surface area (Å²) in [6, 6.07) is 4.92. The van der Waals surface area contributed by atoms with E-state index in [-0.39, 0.29) is 36.3 Å². The summed E-state index contributed by atoms with van der Waals surface area (Å²) in [4.78, 5) is 12.2. The molecule has 1 amide bonds. The maximum absolute atomic E-state index is 13.2. The molecule has 26 heavy (non-hydrogen) atoms. The van der Waals surface area contributed by atoms with Crippen molar-refractivity contribution >= 4 is 21.6 Å². The number of anilines is 1. The van der Waals surface area contributed by atoms with Crippen molar-refractivity contribution in [2.45, 2.75) is 32.2 Å². The Bertz CT molecular complexity index is 941. The van der Waals surface area contributed by atoms with E-state index in [9.17, 15) is 22.0 Å². The molecule has 2 heterocycles. The van der Waals surface area contributed by atoms with Crippen molar-refractivity contribution in [2.24, 2.45) is 0 Å². The summed E-state index contributed by atoms with van der Waals surface area (Å²) in [5.74, 6) is -1.62. The zero-order valence-corrected chi connectivity index (χ0v) is 15.0. The van der Waals surface area contributed by atoms with E-state index in [0.717, 1.165) is 12.1 Å². The molecule has 9 heteroatoms. The molecule has 1 aromatic carbocycles. The summed E-state index contributed by atoms with van der Waals surface area (Å²) in [5, 5.41) is 7.03. The predicted molar refractivity (Wildman–Crippen MR) is 92.6 cm³/mol. The highest BCUT2D eigenvalue weighted by Gasteiger charge is 2.31. The second kappa shape index (κ2) is 7.14. The Morgan fingerprint density at radius 1 is 1.31 bits per heavy atom. The standard InChI is InChI=1S/C17H19F2N3O3S/c1-11-8-16(22(21-11)13-6-7-26(24,25)10-13)20-17(23)5-3-12-2-4-14(18)15(19)9-12/h2,4,8-9,13H,3,5-7,10H2,1H3,(H,20,23). The van der Waals surface area contributed by atoms with Crippen molar-refractivity contribution in [3.05, 3.63) is 47.2 Å². The fourth-order valence-electron chi connectivity index (χ4n) is 3.01.